The van der Waals surface area contributed by atoms with Crippen LogP contribution in [0.1, 0.15) is 23.6 Å². The second-order valence-corrected chi connectivity index (χ2v) is 13.8. The second kappa shape index (κ2) is 14.6. The van der Waals surface area contributed by atoms with Crippen molar-refractivity contribution in [3.05, 3.63) is 116 Å². The van der Waals surface area contributed by atoms with Crippen LogP contribution in [-0.2, 0) is 11.2 Å². The Morgan fingerprint density at radius 3 is 2.17 bits per heavy atom. The third-order valence-electron chi connectivity index (χ3n) is 10.1. The smallest absolute Gasteiger partial charge is 0.224 e. The van der Waals surface area contributed by atoms with E-state index in [2.05, 4.69) is 83.9 Å². The van der Waals surface area contributed by atoms with Gasteiger partial charge in [0, 0.05) is 96.5 Å². The van der Waals surface area contributed by atoms with Crippen molar-refractivity contribution < 1.29 is 4.79 Å². The van der Waals surface area contributed by atoms with Gasteiger partial charge in [0.1, 0.15) is 16.9 Å². The summed E-state index contributed by atoms with van der Waals surface area (Å²) in [6.07, 6.45) is 17.9. The molecule has 5 N–H and O–H groups in total. The number of aromatic nitrogens is 14. The lowest BCUT2D eigenvalue weighted by Crippen LogP contribution is -2.13. The third-order valence-corrected chi connectivity index (χ3v) is 10.1. The molecule has 0 aromatic carbocycles. The number of anilines is 1. The first-order valence-corrected chi connectivity index (χ1v) is 18.6. The van der Waals surface area contributed by atoms with E-state index in [4.69, 9.17) is 9.97 Å². The first-order chi connectivity index (χ1) is 29.0. The molecule has 10 heterocycles. The zero-order valence-corrected chi connectivity index (χ0v) is 31.2. The molecule has 0 saturated heterocycles. The van der Waals surface area contributed by atoms with Crippen LogP contribution < -0.4 is 5.32 Å². The van der Waals surface area contributed by atoms with Crippen LogP contribution in [0.4, 0.5) is 5.69 Å². The third kappa shape index (κ3) is 6.51. The molecule has 1 atom stereocenters. The molecule has 0 aliphatic rings. The molecule has 0 aliphatic carbocycles. The minimum atomic E-state index is -0.195. The number of amides is 1. The van der Waals surface area contributed by atoms with E-state index >= 15 is 0 Å². The zero-order valence-electron chi connectivity index (χ0n) is 31.2. The molecule has 10 aromatic rings. The van der Waals surface area contributed by atoms with Crippen molar-refractivity contribution in [2.75, 3.05) is 11.9 Å². The van der Waals surface area contributed by atoms with Gasteiger partial charge in [-0.15, -0.1) is 6.58 Å². The number of carbonyl (C=O) groups excluding carboxylic acids is 1. The molecular weight excluding hydrogens is 745 g/mol. The number of aromatic amines is 4. The van der Waals surface area contributed by atoms with Crippen LogP contribution in [0.15, 0.2) is 110 Å². The number of hydrogen-bond acceptors (Lipinski definition) is 12. The number of aryl methyl sites for hydroxylation is 1. The molecule has 59 heavy (non-hydrogen) atoms. The maximum Gasteiger partial charge on any atom is 0.224 e. The number of pyridine rings is 6. The lowest BCUT2D eigenvalue weighted by Gasteiger charge is -2.09. The van der Waals surface area contributed by atoms with E-state index in [9.17, 15) is 4.79 Å². The molecule has 17 heteroatoms. The number of H-pyrrole nitrogens is 4. The quantitative estimate of drug-likeness (QED) is 0.0641. The number of imidazole rings is 2. The number of nitrogens with zero attached hydrogens (tertiary/aromatic N) is 11. The van der Waals surface area contributed by atoms with E-state index in [-0.39, 0.29) is 18.2 Å². The summed E-state index contributed by atoms with van der Waals surface area (Å²) in [6, 6.07) is 11.6. The first-order valence-electron chi connectivity index (χ1n) is 18.6. The van der Waals surface area contributed by atoms with E-state index < -0.39 is 0 Å². The highest BCUT2D eigenvalue weighted by Gasteiger charge is 2.20. The summed E-state index contributed by atoms with van der Waals surface area (Å²) in [4.78, 5) is 60.7. The van der Waals surface area contributed by atoms with E-state index in [0.717, 1.165) is 55.1 Å². The summed E-state index contributed by atoms with van der Waals surface area (Å²) in [5.74, 6) is 0.901. The van der Waals surface area contributed by atoms with Gasteiger partial charge in [-0.3, -0.25) is 39.9 Å². The molecule has 0 spiro atoms. The molecule has 0 aliphatic heterocycles. The fourth-order valence-corrected chi connectivity index (χ4v) is 7.20. The molecule has 17 nitrogen and oxygen atoms in total. The molecule has 1 amide bonds. The number of nitrogens with one attached hydrogen (secondary N) is 5. The average Bonchev–Trinajstić information content (AvgIpc) is 4.09. The number of rotatable bonds is 12. The summed E-state index contributed by atoms with van der Waals surface area (Å²) < 4.78 is 0. The van der Waals surface area contributed by atoms with Gasteiger partial charge in [-0.05, 0) is 37.0 Å². The summed E-state index contributed by atoms with van der Waals surface area (Å²) in [5.41, 5.74) is 11.0. The van der Waals surface area contributed by atoms with Crippen molar-refractivity contribution in [2.24, 2.45) is 4.99 Å². The largest absolute Gasteiger partial charge is 0.337 e. The van der Waals surface area contributed by atoms with Crippen LogP contribution in [0.25, 0.3) is 89.4 Å². The fraction of sp³-hybridized carbons (Fsp3) is 0.0952. The van der Waals surface area contributed by atoms with E-state index in [0.29, 0.717) is 64.2 Å². The standard InChI is InChI=1S/C42H32N16O/c1-3-22(14-43-2)30-20-46-21-33-35(30)53-42(52-33)37-29-13-26(18-49-40(29)58-56-37)24-11-27(19-45-16-24)50-34(59)7-6-31-38-32(8-10-47-31)51-41(54-38)36-28-12-25(17-48-39(28)57-55-36)23-5-4-9-44-15-23/h3-5,8-13,15-22H,1-2,6-7,14H2,(H,50,59)(H,51,54)(H,52,53)(H,48,55,57)(H,49,56,58). The monoisotopic (exact) mass is 776 g/mol. The van der Waals surface area contributed by atoms with Gasteiger partial charge in [-0.2, -0.15) is 10.2 Å². The highest BCUT2D eigenvalue weighted by atomic mass is 16.1. The Balaban J connectivity index is 0.862. The summed E-state index contributed by atoms with van der Waals surface area (Å²) in [5, 5.41) is 19.5. The van der Waals surface area contributed by atoms with Gasteiger partial charge in [0.2, 0.25) is 5.91 Å². The Kier molecular flexibility index (Phi) is 8.70. The average molecular weight is 777 g/mol. The van der Waals surface area contributed by atoms with Crippen LogP contribution in [0, 0.1) is 0 Å². The van der Waals surface area contributed by atoms with Crippen LogP contribution in [0.2, 0.25) is 0 Å². The van der Waals surface area contributed by atoms with Crippen LogP contribution >= 0.6 is 0 Å². The number of fused-ring (bicyclic) bond motifs is 4. The first kappa shape index (κ1) is 35.1. The topological polar surface area (TPSA) is 234 Å². The maximum atomic E-state index is 13.3. The van der Waals surface area contributed by atoms with Crippen LogP contribution in [0.3, 0.4) is 0 Å². The van der Waals surface area contributed by atoms with Crippen molar-refractivity contribution in [3.63, 3.8) is 0 Å². The molecule has 0 radical (unpaired) electrons. The minimum absolute atomic E-state index is 0.0802. The van der Waals surface area contributed by atoms with Crippen molar-refractivity contribution in [3.8, 4) is 45.3 Å². The fourth-order valence-electron chi connectivity index (χ4n) is 7.20. The molecule has 0 bridgehead atoms. The van der Waals surface area contributed by atoms with Gasteiger partial charge in [0.05, 0.1) is 51.1 Å². The normalized spacial score (nSPS) is 12.1. The van der Waals surface area contributed by atoms with E-state index in [1.54, 1.807) is 55.8 Å². The van der Waals surface area contributed by atoms with Gasteiger partial charge in [-0.1, -0.05) is 12.1 Å². The SMILES string of the molecule is C=CC(CN=C)c1cncc2[nH]c(-c3[nH]nc4ncc(-c5cncc(NC(=O)CCc6nccc7[nH]c(-c8[nH]nc9ncc(-c%10cccnc%10)cc89)nc67)c5)cc34)nc12. The number of carbonyl (C=O) groups is 1. The lowest BCUT2D eigenvalue weighted by molar-refractivity contribution is -0.116. The molecule has 1 unspecified atom stereocenters. The predicted molar refractivity (Wildman–Crippen MR) is 224 cm³/mol. The Labute approximate surface area is 333 Å². The van der Waals surface area contributed by atoms with Crippen molar-refractivity contribution >= 4 is 62.4 Å². The van der Waals surface area contributed by atoms with E-state index in [1.165, 1.54) is 0 Å². The highest BCUT2D eigenvalue weighted by Crippen LogP contribution is 2.33. The maximum absolute atomic E-state index is 13.3. The minimum Gasteiger partial charge on any atom is -0.337 e. The Morgan fingerprint density at radius 1 is 0.746 bits per heavy atom. The molecule has 0 saturated carbocycles. The summed E-state index contributed by atoms with van der Waals surface area (Å²) in [6.45, 7) is 8.07. The van der Waals surface area contributed by atoms with Crippen molar-refractivity contribution in [1.82, 2.24) is 70.2 Å². The molecule has 0 fully saturated rings. The van der Waals surface area contributed by atoms with Crippen LogP contribution in [0.5, 0.6) is 0 Å². The van der Waals surface area contributed by atoms with Gasteiger partial charge in [0.15, 0.2) is 22.9 Å². The van der Waals surface area contributed by atoms with Gasteiger partial charge in [0.25, 0.3) is 0 Å². The lowest BCUT2D eigenvalue weighted by atomic mass is 10.0. The van der Waals surface area contributed by atoms with Gasteiger partial charge in [-0.25, -0.2) is 19.9 Å². The Morgan fingerprint density at radius 2 is 1.44 bits per heavy atom. The van der Waals surface area contributed by atoms with Gasteiger partial charge >= 0.3 is 0 Å². The van der Waals surface area contributed by atoms with E-state index in [1.807, 2.05) is 42.5 Å². The zero-order chi connectivity index (χ0) is 39.9. The summed E-state index contributed by atoms with van der Waals surface area (Å²) >= 11 is 0. The second-order valence-electron chi connectivity index (χ2n) is 13.8. The molecule has 10 rings (SSSR count). The predicted octanol–water partition coefficient (Wildman–Crippen LogP) is 6.77. The van der Waals surface area contributed by atoms with Gasteiger partial charge < -0.3 is 15.3 Å². The van der Waals surface area contributed by atoms with Crippen molar-refractivity contribution in [2.45, 2.75) is 18.8 Å². The molecule has 10 aromatic heterocycles. The molecule has 286 valence electrons. The Bertz CT molecular complexity index is 3220. The highest BCUT2D eigenvalue weighted by molar-refractivity contribution is 5.96. The van der Waals surface area contributed by atoms with Crippen LogP contribution in [-0.4, -0.2) is 89.4 Å². The summed E-state index contributed by atoms with van der Waals surface area (Å²) in [7, 11) is 0. The Hall–Kier alpha value is -8.34. The number of aliphatic imine (C=N–C) groups is 1. The molecular formula is C42H32N16O. The number of hydrogen-bond donors (Lipinski definition) is 5. The van der Waals surface area contributed by atoms with Crippen molar-refractivity contribution in [1.29, 1.82) is 0 Å².